The topological polar surface area (TPSA) is 35.2 Å². The maximum absolute atomic E-state index is 6.06. The molecular weight excluding hydrogens is 346 g/mol. The Morgan fingerprint density at radius 2 is 2.14 bits per heavy atom. The van der Waals surface area contributed by atoms with E-state index in [4.69, 9.17) is 10.5 Å². The smallest absolute Gasteiger partial charge is 0.125 e. The predicted molar refractivity (Wildman–Crippen MR) is 92.0 cm³/mol. The molecule has 1 aliphatic heterocycles. The summed E-state index contributed by atoms with van der Waals surface area (Å²) in [6.07, 6.45) is 1.07. The third-order valence-electron chi connectivity index (χ3n) is 3.60. The molecule has 2 atom stereocenters. The Kier molecular flexibility index (Phi) is 4.57. The SMILES string of the molecule is C[C@H](N)c1ccc(Br)cc1OCC1Cc2ccccc2S1. The standard InChI is InChI=1S/C17H18BrNOS/c1-11(19)15-7-6-13(18)9-16(15)20-10-14-8-12-4-2-3-5-17(12)21-14/h2-7,9,11,14H,8,10,19H2,1H3/t11-,14?/m0/s1. The molecule has 0 fully saturated rings. The number of benzene rings is 2. The van der Waals surface area contributed by atoms with Crippen LogP contribution in [0.3, 0.4) is 0 Å². The van der Waals surface area contributed by atoms with Gasteiger partial charge in [0.25, 0.3) is 0 Å². The highest BCUT2D eigenvalue weighted by Crippen LogP contribution is 2.37. The number of thioether (sulfide) groups is 1. The maximum Gasteiger partial charge on any atom is 0.125 e. The molecule has 0 bridgehead atoms. The highest BCUT2D eigenvalue weighted by Gasteiger charge is 2.22. The second-order valence-corrected chi connectivity index (χ2v) is 7.59. The molecule has 1 heterocycles. The summed E-state index contributed by atoms with van der Waals surface area (Å²) in [5.74, 6) is 0.885. The van der Waals surface area contributed by atoms with Gasteiger partial charge < -0.3 is 10.5 Å². The van der Waals surface area contributed by atoms with Crippen LogP contribution in [0.5, 0.6) is 5.75 Å². The first-order valence-corrected chi connectivity index (χ1v) is 8.73. The molecule has 21 heavy (non-hydrogen) atoms. The fourth-order valence-electron chi connectivity index (χ4n) is 2.54. The largest absolute Gasteiger partial charge is 0.492 e. The van der Waals surface area contributed by atoms with Crippen LogP contribution in [-0.2, 0) is 6.42 Å². The number of rotatable bonds is 4. The summed E-state index contributed by atoms with van der Waals surface area (Å²) in [5, 5.41) is 0.474. The average Bonchev–Trinajstić information content (AvgIpc) is 2.87. The molecule has 2 nitrogen and oxygen atoms in total. The summed E-state index contributed by atoms with van der Waals surface area (Å²) in [6, 6.07) is 14.6. The van der Waals surface area contributed by atoms with Gasteiger partial charge in [-0.05, 0) is 37.1 Å². The molecule has 0 spiro atoms. The van der Waals surface area contributed by atoms with Crippen molar-refractivity contribution in [3.63, 3.8) is 0 Å². The normalized spacial score (nSPS) is 18.3. The molecule has 0 radical (unpaired) electrons. The van der Waals surface area contributed by atoms with Gasteiger partial charge >= 0.3 is 0 Å². The predicted octanol–water partition coefficient (Wildman–Crippen LogP) is 4.56. The number of hydrogen-bond acceptors (Lipinski definition) is 3. The van der Waals surface area contributed by atoms with E-state index in [0.29, 0.717) is 11.9 Å². The van der Waals surface area contributed by atoms with Crippen LogP contribution in [0, 0.1) is 0 Å². The van der Waals surface area contributed by atoms with Crippen molar-refractivity contribution in [3.8, 4) is 5.75 Å². The molecular formula is C17H18BrNOS. The van der Waals surface area contributed by atoms with Crippen LogP contribution in [0.1, 0.15) is 24.1 Å². The van der Waals surface area contributed by atoms with Crippen molar-refractivity contribution in [2.24, 2.45) is 5.73 Å². The molecule has 0 saturated carbocycles. The number of ether oxygens (including phenoxy) is 1. The minimum atomic E-state index is -0.0264. The van der Waals surface area contributed by atoms with Crippen molar-refractivity contribution >= 4 is 27.7 Å². The Morgan fingerprint density at radius 3 is 2.90 bits per heavy atom. The van der Waals surface area contributed by atoms with E-state index in [2.05, 4.69) is 40.2 Å². The van der Waals surface area contributed by atoms with Crippen LogP contribution in [0.25, 0.3) is 0 Å². The van der Waals surface area contributed by atoms with E-state index in [1.807, 2.05) is 36.9 Å². The molecule has 4 heteroatoms. The Bertz CT molecular complexity index is 619. The molecule has 1 aliphatic rings. The van der Waals surface area contributed by atoms with Gasteiger partial charge in [-0.3, -0.25) is 0 Å². The third-order valence-corrected chi connectivity index (χ3v) is 5.39. The molecule has 2 aromatic carbocycles. The van der Waals surface area contributed by atoms with Gasteiger partial charge in [-0.25, -0.2) is 0 Å². The lowest BCUT2D eigenvalue weighted by Gasteiger charge is -2.16. The number of fused-ring (bicyclic) bond motifs is 1. The lowest BCUT2D eigenvalue weighted by Crippen LogP contribution is -2.15. The first kappa shape index (κ1) is 14.9. The summed E-state index contributed by atoms with van der Waals surface area (Å²) in [5.41, 5.74) is 8.50. The minimum Gasteiger partial charge on any atom is -0.492 e. The average molecular weight is 364 g/mol. The molecule has 3 rings (SSSR count). The van der Waals surface area contributed by atoms with E-state index >= 15 is 0 Å². The summed E-state index contributed by atoms with van der Waals surface area (Å²) in [7, 11) is 0. The highest BCUT2D eigenvalue weighted by atomic mass is 79.9. The van der Waals surface area contributed by atoms with Crippen LogP contribution in [0.4, 0.5) is 0 Å². The van der Waals surface area contributed by atoms with Crippen molar-refractivity contribution in [1.82, 2.24) is 0 Å². The van der Waals surface area contributed by atoms with Crippen LogP contribution < -0.4 is 10.5 Å². The number of halogens is 1. The molecule has 0 aliphatic carbocycles. The van der Waals surface area contributed by atoms with Crippen molar-refractivity contribution in [3.05, 3.63) is 58.1 Å². The molecule has 0 saturated heterocycles. The lowest BCUT2D eigenvalue weighted by molar-refractivity contribution is 0.312. The van der Waals surface area contributed by atoms with Gasteiger partial charge in [-0.2, -0.15) is 0 Å². The summed E-state index contributed by atoms with van der Waals surface area (Å²) in [4.78, 5) is 1.38. The lowest BCUT2D eigenvalue weighted by atomic mass is 10.1. The fraction of sp³-hybridized carbons (Fsp3) is 0.294. The van der Waals surface area contributed by atoms with E-state index < -0.39 is 0 Å². The van der Waals surface area contributed by atoms with Crippen molar-refractivity contribution in [2.45, 2.75) is 29.5 Å². The van der Waals surface area contributed by atoms with Gasteiger partial charge in [0.2, 0.25) is 0 Å². The first-order chi connectivity index (χ1) is 10.1. The van der Waals surface area contributed by atoms with E-state index in [0.717, 1.165) is 22.2 Å². The second kappa shape index (κ2) is 6.42. The molecule has 2 aromatic rings. The minimum absolute atomic E-state index is 0.0264. The van der Waals surface area contributed by atoms with E-state index in [9.17, 15) is 0 Å². The van der Waals surface area contributed by atoms with Crippen LogP contribution in [-0.4, -0.2) is 11.9 Å². The van der Waals surface area contributed by atoms with E-state index in [-0.39, 0.29) is 6.04 Å². The van der Waals surface area contributed by atoms with Gasteiger partial charge in [0, 0.05) is 26.2 Å². The number of hydrogen-bond donors (Lipinski definition) is 1. The van der Waals surface area contributed by atoms with Gasteiger partial charge in [-0.15, -0.1) is 11.8 Å². The molecule has 0 amide bonds. The zero-order chi connectivity index (χ0) is 14.8. The van der Waals surface area contributed by atoms with Crippen LogP contribution >= 0.6 is 27.7 Å². The quantitative estimate of drug-likeness (QED) is 0.864. The van der Waals surface area contributed by atoms with Gasteiger partial charge in [0.05, 0.1) is 0 Å². The molecule has 0 aromatic heterocycles. The van der Waals surface area contributed by atoms with Crippen LogP contribution in [0.15, 0.2) is 51.8 Å². The Balaban J connectivity index is 1.68. The van der Waals surface area contributed by atoms with Gasteiger partial charge in [0.15, 0.2) is 0 Å². The highest BCUT2D eigenvalue weighted by molar-refractivity contribution is 9.10. The maximum atomic E-state index is 6.06. The molecule has 2 N–H and O–H groups in total. The summed E-state index contributed by atoms with van der Waals surface area (Å²) in [6.45, 7) is 2.69. The van der Waals surface area contributed by atoms with Gasteiger partial charge in [0.1, 0.15) is 12.4 Å². The number of nitrogens with two attached hydrogens (primary N) is 1. The Hall–Kier alpha value is -0.970. The second-order valence-electron chi connectivity index (χ2n) is 5.33. The fourth-order valence-corrected chi connectivity index (χ4v) is 4.10. The van der Waals surface area contributed by atoms with Crippen molar-refractivity contribution in [2.75, 3.05) is 6.61 Å². The van der Waals surface area contributed by atoms with E-state index in [1.54, 1.807) is 0 Å². The van der Waals surface area contributed by atoms with Crippen molar-refractivity contribution in [1.29, 1.82) is 0 Å². The van der Waals surface area contributed by atoms with Crippen LogP contribution in [0.2, 0.25) is 0 Å². The summed E-state index contributed by atoms with van der Waals surface area (Å²) >= 11 is 5.40. The zero-order valence-corrected chi connectivity index (χ0v) is 14.3. The summed E-state index contributed by atoms with van der Waals surface area (Å²) < 4.78 is 7.08. The Morgan fingerprint density at radius 1 is 1.33 bits per heavy atom. The zero-order valence-electron chi connectivity index (χ0n) is 11.9. The first-order valence-electron chi connectivity index (χ1n) is 7.06. The Labute approximate surface area is 138 Å². The molecule has 1 unspecified atom stereocenters. The molecule has 110 valence electrons. The van der Waals surface area contributed by atoms with Crippen molar-refractivity contribution < 1.29 is 4.74 Å². The van der Waals surface area contributed by atoms with Gasteiger partial charge in [-0.1, -0.05) is 40.2 Å². The monoisotopic (exact) mass is 363 g/mol. The third kappa shape index (κ3) is 3.44. The van der Waals surface area contributed by atoms with E-state index in [1.165, 1.54) is 10.5 Å².